The molecule has 0 unspecified atom stereocenters. The van der Waals surface area contributed by atoms with E-state index >= 15 is 0 Å². The van der Waals surface area contributed by atoms with Crippen LogP contribution in [-0.2, 0) is 7.05 Å². The fourth-order valence-corrected chi connectivity index (χ4v) is 3.32. The van der Waals surface area contributed by atoms with Crippen LogP contribution in [0.15, 0.2) is 34.1 Å². The van der Waals surface area contributed by atoms with E-state index in [9.17, 15) is 4.79 Å². The Balaban J connectivity index is 2.50. The molecular weight excluding hydrogens is 280 g/mol. The van der Waals surface area contributed by atoms with Crippen LogP contribution in [0.2, 0.25) is 0 Å². The van der Waals surface area contributed by atoms with Crippen LogP contribution in [0.4, 0.5) is 0 Å². The first kappa shape index (κ1) is 14.0. The number of thioether (sulfide) groups is 2. The summed E-state index contributed by atoms with van der Waals surface area (Å²) in [6.45, 7) is 0. The molecule has 1 N–H and O–H groups in total. The lowest BCUT2D eigenvalue weighted by atomic mass is 10.1. The van der Waals surface area contributed by atoms with E-state index in [2.05, 4.69) is 17.2 Å². The summed E-state index contributed by atoms with van der Waals surface area (Å²) >= 11 is 3.38. The van der Waals surface area contributed by atoms with Gasteiger partial charge in [-0.1, -0.05) is 6.07 Å². The van der Waals surface area contributed by atoms with Crippen molar-refractivity contribution in [1.82, 2.24) is 9.78 Å². The van der Waals surface area contributed by atoms with Crippen LogP contribution in [0.3, 0.4) is 0 Å². The van der Waals surface area contributed by atoms with E-state index in [1.165, 1.54) is 9.79 Å². The number of aromatic nitrogens is 2. The van der Waals surface area contributed by atoms with Crippen LogP contribution in [-0.4, -0.2) is 33.4 Å². The van der Waals surface area contributed by atoms with E-state index in [4.69, 9.17) is 5.11 Å². The normalized spacial score (nSPS) is 10.7. The predicted octanol–water partition coefficient (Wildman–Crippen LogP) is 3.23. The standard InChI is InChI=1S/C13H14N2O2S2/c1-15-10(7-9(14-15)13(16)17)8-4-5-11(18-2)12(6-8)19-3/h4-7H,1-3H3,(H,16,17). The molecule has 0 aliphatic rings. The summed E-state index contributed by atoms with van der Waals surface area (Å²) in [5, 5.41) is 13.0. The topological polar surface area (TPSA) is 55.1 Å². The van der Waals surface area contributed by atoms with E-state index in [-0.39, 0.29) is 5.69 Å². The molecule has 1 aromatic heterocycles. The van der Waals surface area contributed by atoms with Crippen molar-refractivity contribution in [3.05, 3.63) is 30.0 Å². The monoisotopic (exact) mass is 294 g/mol. The van der Waals surface area contributed by atoms with Crippen LogP contribution in [0.25, 0.3) is 11.3 Å². The van der Waals surface area contributed by atoms with E-state index in [0.717, 1.165) is 11.3 Å². The van der Waals surface area contributed by atoms with Crippen molar-refractivity contribution in [2.45, 2.75) is 9.79 Å². The van der Waals surface area contributed by atoms with Crippen molar-refractivity contribution < 1.29 is 9.90 Å². The summed E-state index contributed by atoms with van der Waals surface area (Å²) in [6.07, 6.45) is 4.08. The molecule has 0 fully saturated rings. The lowest BCUT2D eigenvalue weighted by molar-refractivity contribution is 0.0689. The molecular formula is C13H14N2O2S2. The fourth-order valence-electron chi connectivity index (χ4n) is 1.84. The second-order valence-electron chi connectivity index (χ2n) is 3.91. The second kappa shape index (κ2) is 5.71. The largest absolute Gasteiger partial charge is 0.476 e. The van der Waals surface area contributed by atoms with Crippen molar-refractivity contribution in [3.8, 4) is 11.3 Å². The first-order valence-corrected chi connectivity index (χ1v) is 8.01. The highest BCUT2D eigenvalue weighted by atomic mass is 32.2. The van der Waals surface area contributed by atoms with E-state index in [0.29, 0.717) is 0 Å². The fraction of sp³-hybridized carbons (Fsp3) is 0.231. The van der Waals surface area contributed by atoms with Gasteiger partial charge in [0.1, 0.15) is 0 Å². The Morgan fingerprint density at radius 2 is 1.89 bits per heavy atom. The van der Waals surface area contributed by atoms with Gasteiger partial charge in [0, 0.05) is 22.4 Å². The SMILES string of the molecule is CSc1ccc(-c2cc(C(=O)O)nn2C)cc1SC. The van der Waals surface area contributed by atoms with Crippen molar-refractivity contribution in [1.29, 1.82) is 0 Å². The van der Waals surface area contributed by atoms with Gasteiger partial charge >= 0.3 is 5.97 Å². The molecule has 100 valence electrons. The highest BCUT2D eigenvalue weighted by molar-refractivity contribution is 8.01. The Morgan fingerprint density at radius 3 is 2.42 bits per heavy atom. The molecule has 4 nitrogen and oxygen atoms in total. The molecule has 0 radical (unpaired) electrons. The molecule has 0 spiro atoms. The number of hydrogen-bond donors (Lipinski definition) is 1. The molecule has 2 rings (SSSR count). The van der Waals surface area contributed by atoms with Crippen molar-refractivity contribution >= 4 is 29.5 Å². The maximum Gasteiger partial charge on any atom is 0.356 e. The van der Waals surface area contributed by atoms with Gasteiger partial charge in [0.05, 0.1) is 5.69 Å². The number of rotatable bonds is 4. The Kier molecular flexibility index (Phi) is 4.21. The van der Waals surface area contributed by atoms with Gasteiger partial charge in [-0.05, 0) is 30.7 Å². The average molecular weight is 294 g/mol. The Bertz CT molecular complexity index is 623. The van der Waals surface area contributed by atoms with Gasteiger partial charge in [0.2, 0.25) is 0 Å². The van der Waals surface area contributed by atoms with Crippen molar-refractivity contribution in [2.75, 3.05) is 12.5 Å². The smallest absolute Gasteiger partial charge is 0.356 e. The quantitative estimate of drug-likeness (QED) is 0.877. The maximum atomic E-state index is 10.9. The Hall–Kier alpha value is -1.40. The van der Waals surface area contributed by atoms with Gasteiger partial charge in [-0.3, -0.25) is 4.68 Å². The number of carbonyl (C=O) groups is 1. The minimum Gasteiger partial charge on any atom is -0.476 e. The summed E-state index contributed by atoms with van der Waals surface area (Å²) in [6, 6.07) is 7.72. The average Bonchev–Trinajstić information content (AvgIpc) is 2.80. The predicted molar refractivity (Wildman–Crippen MR) is 79.2 cm³/mol. The van der Waals surface area contributed by atoms with Crippen LogP contribution in [0.5, 0.6) is 0 Å². The van der Waals surface area contributed by atoms with Crippen molar-refractivity contribution in [2.24, 2.45) is 7.05 Å². The van der Waals surface area contributed by atoms with Gasteiger partial charge < -0.3 is 5.11 Å². The zero-order valence-electron chi connectivity index (χ0n) is 10.9. The molecule has 0 saturated heterocycles. The summed E-state index contributed by atoms with van der Waals surface area (Å²) in [4.78, 5) is 13.3. The van der Waals surface area contributed by atoms with E-state index < -0.39 is 5.97 Å². The zero-order chi connectivity index (χ0) is 14.0. The lowest BCUT2D eigenvalue weighted by Gasteiger charge is -2.08. The summed E-state index contributed by atoms with van der Waals surface area (Å²) < 4.78 is 1.60. The maximum absolute atomic E-state index is 10.9. The highest BCUT2D eigenvalue weighted by Crippen LogP contribution is 2.32. The molecule has 0 aliphatic heterocycles. The third-order valence-electron chi connectivity index (χ3n) is 2.78. The first-order chi connectivity index (χ1) is 9.06. The van der Waals surface area contributed by atoms with Gasteiger partial charge in [-0.25, -0.2) is 4.79 Å². The minimum absolute atomic E-state index is 0.0668. The van der Waals surface area contributed by atoms with Crippen LogP contribution in [0, 0.1) is 0 Å². The number of benzene rings is 1. The highest BCUT2D eigenvalue weighted by Gasteiger charge is 2.13. The van der Waals surface area contributed by atoms with Crippen molar-refractivity contribution in [3.63, 3.8) is 0 Å². The number of carboxylic acids is 1. The third-order valence-corrected chi connectivity index (χ3v) is 4.48. The first-order valence-electron chi connectivity index (χ1n) is 5.56. The zero-order valence-corrected chi connectivity index (χ0v) is 12.5. The summed E-state index contributed by atoms with van der Waals surface area (Å²) in [7, 11) is 1.75. The van der Waals surface area contributed by atoms with Gasteiger partial charge in [-0.15, -0.1) is 23.5 Å². The Labute approximate surface area is 120 Å². The van der Waals surface area contributed by atoms with Crippen LogP contribution in [0.1, 0.15) is 10.5 Å². The number of nitrogens with zero attached hydrogens (tertiary/aromatic N) is 2. The summed E-state index contributed by atoms with van der Waals surface area (Å²) in [5.41, 5.74) is 1.85. The second-order valence-corrected chi connectivity index (χ2v) is 5.61. The number of aryl methyl sites for hydroxylation is 1. The van der Waals surface area contributed by atoms with Gasteiger partial charge in [0.25, 0.3) is 0 Å². The summed E-state index contributed by atoms with van der Waals surface area (Å²) in [5.74, 6) is -1.01. The molecule has 0 aliphatic carbocycles. The van der Waals surface area contributed by atoms with E-state index in [1.54, 1.807) is 41.3 Å². The molecule has 0 amide bonds. The molecule has 2 aromatic rings. The Morgan fingerprint density at radius 1 is 1.21 bits per heavy atom. The number of carboxylic acid groups (broad SMARTS) is 1. The number of hydrogen-bond acceptors (Lipinski definition) is 4. The lowest BCUT2D eigenvalue weighted by Crippen LogP contribution is -1.99. The van der Waals surface area contributed by atoms with Crippen LogP contribution < -0.4 is 0 Å². The molecule has 6 heteroatoms. The molecule has 0 bridgehead atoms. The number of aromatic carboxylic acids is 1. The molecule has 1 heterocycles. The molecule has 1 aromatic carbocycles. The molecule has 0 saturated carbocycles. The van der Waals surface area contributed by atoms with Gasteiger partial charge in [0.15, 0.2) is 5.69 Å². The minimum atomic E-state index is -1.01. The van der Waals surface area contributed by atoms with E-state index in [1.807, 2.05) is 18.6 Å². The van der Waals surface area contributed by atoms with Crippen LogP contribution >= 0.6 is 23.5 Å². The third kappa shape index (κ3) is 2.79. The molecule has 19 heavy (non-hydrogen) atoms. The molecule has 0 atom stereocenters. The van der Waals surface area contributed by atoms with Gasteiger partial charge in [-0.2, -0.15) is 5.10 Å².